The van der Waals surface area contributed by atoms with Gasteiger partial charge in [-0.05, 0) is 82.9 Å². The molecule has 5 heterocycles. The van der Waals surface area contributed by atoms with E-state index in [-0.39, 0.29) is 0 Å². The lowest BCUT2D eigenvalue weighted by atomic mass is 10.0. The molecule has 0 fully saturated rings. The Bertz CT molecular complexity index is 4310. The van der Waals surface area contributed by atoms with Gasteiger partial charge in [-0.2, -0.15) is 0 Å². The number of hydrogen-bond donors (Lipinski definition) is 0. The molecule has 5 aromatic heterocycles. The average Bonchev–Trinajstić information content (AvgIpc) is 4.10. The van der Waals surface area contributed by atoms with Gasteiger partial charge in [-0.1, -0.05) is 152 Å². The number of aromatic nitrogens is 4. The molecule has 0 saturated heterocycles. The molecule has 306 valence electrons. The number of fused-ring (bicyclic) bond motifs is 15. The number of rotatable bonds is 6. The van der Waals surface area contributed by atoms with Gasteiger partial charge in [0.2, 0.25) is 0 Å². The summed E-state index contributed by atoms with van der Waals surface area (Å²) in [5, 5.41) is 11.7. The summed E-state index contributed by atoms with van der Waals surface area (Å²) in [6.07, 6.45) is 0. The molecule has 0 unspecified atom stereocenters. The van der Waals surface area contributed by atoms with Crippen molar-refractivity contribution in [2.45, 2.75) is 0 Å². The van der Waals surface area contributed by atoms with Gasteiger partial charge in [-0.15, -0.1) is 0 Å². The summed E-state index contributed by atoms with van der Waals surface area (Å²) in [5.74, 6) is 0. The van der Waals surface area contributed by atoms with E-state index in [2.05, 4.69) is 237 Å². The summed E-state index contributed by atoms with van der Waals surface area (Å²) in [4.78, 5) is 16.5. The molecular formula is C60H36N6. The van der Waals surface area contributed by atoms with Crippen LogP contribution in [0, 0.1) is 0 Å². The minimum absolute atomic E-state index is 0.847. The molecule has 0 saturated carbocycles. The zero-order valence-corrected chi connectivity index (χ0v) is 35.5. The van der Waals surface area contributed by atoms with Gasteiger partial charge in [-0.25, -0.2) is 9.97 Å². The first kappa shape index (κ1) is 35.5. The SMILES string of the molecule is c1ccc(N(c2ccccc2)c2c3ccccc3cc3c4cccc5c6nc7c(nc6n(c23)c45)c2cc3ccccc3c3c4cccc(N(c5ccccc5)c5ccccc5)c4n7c23)cc1. The van der Waals surface area contributed by atoms with Crippen molar-refractivity contribution >= 4 is 132 Å². The third-order valence-electron chi connectivity index (χ3n) is 13.8. The van der Waals surface area contributed by atoms with Crippen LogP contribution in [0.3, 0.4) is 0 Å². The van der Waals surface area contributed by atoms with Crippen LogP contribution in [0.15, 0.2) is 218 Å². The minimum atomic E-state index is 0.847. The van der Waals surface area contributed by atoms with E-state index in [4.69, 9.17) is 9.97 Å². The molecular weight excluding hydrogens is 805 g/mol. The Morgan fingerprint density at radius 2 is 0.758 bits per heavy atom. The first-order valence-electron chi connectivity index (χ1n) is 22.5. The number of anilines is 6. The summed E-state index contributed by atoms with van der Waals surface area (Å²) in [5.41, 5.74) is 14.4. The summed E-state index contributed by atoms with van der Waals surface area (Å²) in [7, 11) is 0. The Labute approximate surface area is 377 Å². The van der Waals surface area contributed by atoms with Crippen LogP contribution in [0.25, 0.3) is 98.3 Å². The summed E-state index contributed by atoms with van der Waals surface area (Å²) >= 11 is 0. The van der Waals surface area contributed by atoms with Crippen molar-refractivity contribution in [3.05, 3.63) is 218 Å². The number of para-hydroxylation sites is 6. The maximum absolute atomic E-state index is 5.89. The molecule has 0 aliphatic rings. The molecule has 15 rings (SSSR count). The van der Waals surface area contributed by atoms with Crippen LogP contribution in [0.4, 0.5) is 34.1 Å². The zero-order chi connectivity index (χ0) is 43.0. The highest BCUT2D eigenvalue weighted by atomic mass is 15.2. The van der Waals surface area contributed by atoms with E-state index in [1.54, 1.807) is 0 Å². The van der Waals surface area contributed by atoms with Gasteiger partial charge in [0.15, 0.2) is 11.3 Å². The topological polar surface area (TPSA) is 41.1 Å². The molecule has 6 heteroatoms. The van der Waals surface area contributed by atoms with Crippen molar-refractivity contribution in [3.63, 3.8) is 0 Å². The van der Waals surface area contributed by atoms with Crippen molar-refractivity contribution in [3.8, 4) is 0 Å². The fraction of sp³-hybridized carbons (Fsp3) is 0. The predicted octanol–water partition coefficient (Wildman–Crippen LogP) is 16.0. The van der Waals surface area contributed by atoms with E-state index in [0.717, 1.165) is 94.7 Å². The molecule has 0 aliphatic carbocycles. The van der Waals surface area contributed by atoms with Gasteiger partial charge in [0.1, 0.15) is 11.0 Å². The van der Waals surface area contributed by atoms with Crippen molar-refractivity contribution in [1.29, 1.82) is 0 Å². The van der Waals surface area contributed by atoms with Crippen molar-refractivity contribution in [1.82, 2.24) is 18.8 Å². The van der Waals surface area contributed by atoms with Gasteiger partial charge < -0.3 is 9.80 Å². The molecule has 0 amide bonds. The Balaban J connectivity index is 1.14. The fourth-order valence-electron chi connectivity index (χ4n) is 11.2. The van der Waals surface area contributed by atoms with E-state index < -0.39 is 0 Å². The maximum Gasteiger partial charge on any atom is 0.165 e. The standard InChI is InChI=1S/C60H36N6/c1-5-21-39(22-6-1)63(40-23-7-2-8-24-40)50-34-18-32-46-51-43-29-15-13-19-37(43)36-49-53-60(66(55(46)50)56(49)51)61-52-47-33-17-31-45-48-35-38-20-14-16-30-44(38)57(58(48)65(54(45)47)59(52)62-53)64(41-25-9-3-10-26-41)42-27-11-4-12-28-42/h1-36H. The smallest absolute Gasteiger partial charge is 0.165 e. The van der Waals surface area contributed by atoms with Gasteiger partial charge in [0.25, 0.3) is 0 Å². The fourth-order valence-corrected chi connectivity index (χ4v) is 11.2. The molecule has 6 nitrogen and oxygen atoms in total. The molecule has 15 aromatic rings. The van der Waals surface area contributed by atoms with E-state index in [0.29, 0.717) is 0 Å². The lowest BCUT2D eigenvalue weighted by Gasteiger charge is -2.28. The summed E-state index contributed by atoms with van der Waals surface area (Å²) < 4.78 is 4.84. The zero-order valence-electron chi connectivity index (χ0n) is 35.5. The molecule has 0 N–H and O–H groups in total. The lowest BCUT2D eigenvalue weighted by molar-refractivity contribution is 1.23. The van der Waals surface area contributed by atoms with Gasteiger partial charge in [0, 0.05) is 60.5 Å². The number of nitrogens with zero attached hydrogens (tertiary/aromatic N) is 6. The second kappa shape index (κ2) is 13.3. The Morgan fingerprint density at radius 1 is 0.303 bits per heavy atom. The third kappa shape index (κ3) is 4.69. The second-order valence-corrected chi connectivity index (χ2v) is 17.3. The monoisotopic (exact) mass is 840 g/mol. The summed E-state index contributed by atoms with van der Waals surface area (Å²) in [6, 6.07) is 78.5. The molecule has 0 radical (unpaired) electrons. The number of benzene rings is 10. The quantitative estimate of drug-likeness (QED) is 0.167. The molecule has 0 atom stereocenters. The van der Waals surface area contributed by atoms with Crippen LogP contribution in [0.2, 0.25) is 0 Å². The number of hydrogen-bond acceptors (Lipinski definition) is 4. The van der Waals surface area contributed by atoms with Crippen LogP contribution in [0.1, 0.15) is 0 Å². The molecule has 66 heavy (non-hydrogen) atoms. The van der Waals surface area contributed by atoms with Crippen LogP contribution in [0.5, 0.6) is 0 Å². The summed E-state index contributed by atoms with van der Waals surface area (Å²) in [6.45, 7) is 0. The lowest BCUT2D eigenvalue weighted by Crippen LogP contribution is -2.11. The van der Waals surface area contributed by atoms with Crippen LogP contribution in [-0.2, 0) is 0 Å². The van der Waals surface area contributed by atoms with Gasteiger partial charge in [-0.3, -0.25) is 8.80 Å². The minimum Gasteiger partial charge on any atom is -0.308 e. The largest absolute Gasteiger partial charge is 0.308 e. The van der Waals surface area contributed by atoms with E-state index in [1.165, 1.54) is 37.7 Å². The second-order valence-electron chi connectivity index (χ2n) is 17.3. The highest BCUT2D eigenvalue weighted by Gasteiger charge is 2.30. The van der Waals surface area contributed by atoms with Crippen molar-refractivity contribution in [2.24, 2.45) is 0 Å². The third-order valence-corrected chi connectivity index (χ3v) is 13.8. The van der Waals surface area contributed by atoms with Gasteiger partial charge >= 0.3 is 0 Å². The molecule has 0 aliphatic heterocycles. The maximum atomic E-state index is 5.89. The van der Waals surface area contributed by atoms with Crippen LogP contribution in [-0.4, -0.2) is 18.8 Å². The Morgan fingerprint density at radius 3 is 1.39 bits per heavy atom. The van der Waals surface area contributed by atoms with E-state index in [1.807, 2.05) is 0 Å². The van der Waals surface area contributed by atoms with E-state index >= 15 is 0 Å². The van der Waals surface area contributed by atoms with Crippen molar-refractivity contribution < 1.29 is 0 Å². The Kier molecular flexibility index (Phi) is 7.13. The first-order valence-corrected chi connectivity index (χ1v) is 22.5. The average molecular weight is 841 g/mol. The van der Waals surface area contributed by atoms with Crippen LogP contribution < -0.4 is 9.80 Å². The molecule has 10 aromatic carbocycles. The molecule has 0 spiro atoms. The highest BCUT2D eigenvalue weighted by molar-refractivity contribution is 6.33. The Hall–Kier alpha value is -9.00. The van der Waals surface area contributed by atoms with E-state index in [9.17, 15) is 0 Å². The predicted molar refractivity (Wildman–Crippen MR) is 276 cm³/mol. The highest BCUT2D eigenvalue weighted by Crippen LogP contribution is 2.51. The van der Waals surface area contributed by atoms with Crippen LogP contribution >= 0.6 is 0 Å². The van der Waals surface area contributed by atoms with Crippen molar-refractivity contribution in [2.75, 3.05) is 9.80 Å². The first-order chi connectivity index (χ1) is 32.8. The normalized spacial score (nSPS) is 12.2. The van der Waals surface area contributed by atoms with Gasteiger partial charge in [0.05, 0.1) is 33.4 Å². The molecule has 0 bridgehead atoms.